The van der Waals surface area contributed by atoms with E-state index in [1.165, 1.54) is 58.0 Å². The number of hydrogen-bond acceptors (Lipinski definition) is 3. The molecule has 1 unspecified atom stereocenters. The Kier molecular flexibility index (Phi) is 7.64. The molecule has 2 aliphatic rings. The molecular weight excluding hydrogens is 301 g/mol. The second kappa shape index (κ2) is 8.98. The monoisotopic (exact) mass is 334 g/mol. The lowest BCUT2D eigenvalue weighted by atomic mass is 9.84. The van der Waals surface area contributed by atoms with Crippen LogP contribution in [0.15, 0.2) is 0 Å². The predicted molar refractivity (Wildman–Crippen MR) is 92.7 cm³/mol. The zero-order valence-electron chi connectivity index (χ0n) is 13.8. The lowest BCUT2D eigenvalue weighted by Crippen LogP contribution is -3.18. The molecule has 1 N–H and O–H groups in total. The summed E-state index contributed by atoms with van der Waals surface area (Å²) in [6.45, 7) is 6.53. The Labute approximate surface area is 135 Å². The van der Waals surface area contributed by atoms with Crippen LogP contribution in [0.4, 0.5) is 0 Å². The fourth-order valence-electron chi connectivity index (χ4n) is 3.83. The SMILES string of the molecule is CCCCCO[P@](C)(=S)OC[C@@H]1CCC[NH+]2CCCC[C@H]12. The van der Waals surface area contributed by atoms with Gasteiger partial charge in [0.1, 0.15) is 0 Å². The summed E-state index contributed by atoms with van der Waals surface area (Å²) in [5.74, 6) is 0.704. The Bertz CT molecular complexity index is 351. The van der Waals surface area contributed by atoms with E-state index in [0.717, 1.165) is 25.7 Å². The van der Waals surface area contributed by atoms with Gasteiger partial charge in [-0.2, -0.15) is 0 Å². The molecule has 2 aliphatic heterocycles. The Hall–Kier alpha value is 0.530. The van der Waals surface area contributed by atoms with Crippen molar-refractivity contribution < 1.29 is 13.9 Å². The summed E-state index contributed by atoms with van der Waals surface area (Å²) in [6, 6.07) is 0.822. The van der Waals surface area contributed by atoms with Crippen molar-refractivity contribution in [3.63, 3.8) is 0 Å². The molecule has 0 radical (unpaired) electrons. The first-order chi connectivity index (χ1) is 10.1. The quantitative estimate of drug-likeness (QED) is 0.545. The van der Waals surface area contributed by atoms with Crippen molar-refractivity contribution in [1.29, 1.82) is 0 Å². The van der Waals surface area contributed by atoms with Crippen molar-refractivity contribution in [2.75, 3.05) is 33.0 Å². The van der Waals surface area contributed by atoms with Gasteiger partial charge in [-0.1, -0.05) is 19.8 Å². The first-order valence-electron chi connectivity index (χ1n) is 8.83. The maximum Gasteiger partial charge on any atom is 0.185 e. The van der Waals surface area contributed by atoms with Crippen LogP contribution in [0.2, 0.25) is 0 Å². The normalized spacial score (nSPS) is 32.4. The summed E-state index contributed by atoms with van der Waals surface area (Å²) in [5.41, 5.74) is 0. The van der Waals surface area contributed by atoms with Gasteiger partial charge in [0, 0.05) is 12.6 Å². The molecule has 0 saturated carbocycles. The molecule has 21 heavy (non-hydrogen) atoms. The van der Waals surface area contributed by atoms with Crippen LogP contribution in [0.3, 0.4) is 0 Å². The number of nitrogens with one attached hydrogen (secondary N) is 1. The third-order valence-corrected chi connectivity index (χ3v) is 6.93. The van der Waals surface area contributed by atoms with E-state index < -0.39 is 6.49 Å². The zero-order valence-corrected chi connectivity index (χ0v) is 15.5. The van der Waals surface area contributed by atoms with E-state index in [-0.39, 0.29) is 0 Å². The van der Waals surface area contributed by atoms with Crippen LogP contribution in [0.5, 0.6) is 0 Å². The largest absolute Gasteiger partial charge is 0.332 e. The summed E-state index contributed by atoms with van der Waals surface area (Å²) in [7, 11) is 0. The molecule has 0 aromatic heterocycles. The Morgan fingerprint density at radius 3 is 2.71 bits per heavy atom. The zero-order chi connectivity index (χ0) is 15.1. The lowest BCUT2D eigenvalue weighted by molar-refractivity contribution is -0.940. The van der Waals surface area contributed by atoms with E-state index in [2.05, 4.69) is 6.92 Å². The van der Waals surface area contributed by atoms with Gasteiger partial charge in [0.05, 0.1) is 32.3 Å². The summed E-state index contributed by atoms with van der Waals surface area (Å²) >= 11 is 5.57. The van der Waals surface area contributed by atoms with Crippen LogP contribution < -0.4 is 4.90 Å². The molecular formula is C16H33NO2PS+. The maximum absolute atomic E-state index is 6.09. The van der Waals surface area contributed by atoms with E-state index in [9.17, 15) is 0 Å². The van der Waals surface area contributed by atoms with Gasteiger partial charge in [0.25, 0.3) is 0 Å². The molecule has 3 nitrogen and oxygen atoms in total. The second-order valence-corrected chi connectivity index (χ2v) is 10.8. The van der Waals surface area contributed by atoms with Crippen molar-refractivity contribution in [3.8, 4) is 0 Å². The molecule has 0 aromatic rings. The number of fused-ring (bicyclic) bond motifs is 1. The molecule has 2 saturated heterocycles. The molecule has 124 valence electrons. The van der Waals surface area contributed by atoms with Gasteiger partial charge in [0.15, 0.2) is 6.49 Å². The van der Waals surface area contributed by atoms with Crippen LogP contribution in [-0.4, -0.2) is 39.0 Å². The molecule has 0 aliphatic carbocycles. The predicted octanol–water partition coefficient (Wildman–Crippen LogP) is 3.00. The highest BCUT2D eigenvalue weighted by Gasteiger charge is 2.37. The highest BCUT2D eigenvalue weighted by molar-refractivity contribution is 8.09. The summed E-state index contributed by atoms with van der Waals surface area (Å²) in [5, 5.41) is 0. The van der Waals surface area contributed by atoms with Gasteiger partial charge in [-0.25, -0.2) is 0 Å². The number of quaternary nitrogens is 1. The van der Waals surface area contributed by atoms with Crippen LogP contribution in [0.1, 0.15) is 58.3 Å². The Balaban J connectivity index is 1.74. The molecule has 4 atom stereocenters. The standard InChI is InChI=1S/C16H32NO2PS/c1-3-4-7-13-18-20(2,21)19-14-15-9-8-12-17-11-6-5-10-16(15)17/h15-16H,3-14H2,1-2H3/p+1/t15-,16+,20-/m0/s1. The Morgan fingerprint density at radius 2 is 1.90 bits per heavy atom. The third-order valence-electron chi connectivity index (χ3n) is 5.03. The summed E-state index contributed by atoms with van der Waals surface area (Å²) < 4.78 is 11.9. The fraction of sp³-hybridized carbons (Fsp3) is 1.00. The van der Waals surface area contributed by atoms with Gasteiger partial charge in [-0.05, 0) is 50.3 Å². The molecule has 5 heteroatoms. The van der Waals surface area contributed by atoms with E-state index in [4.69, 9.17) is 20.9 Å². The van der Waals surface area contributed by atoms with Gasteiger partial charge < -0.3 is 13.9 Å². The van der Waals surface area contributed by atoms with Crippen LogP contribution in [0.25, 0.3) is 0 Å². The summed E-state index contributed by atoms with van der Waals surface area (Å²) in [6.07, 6.45) is 10.4. The number of hydrogen-bond donors (Lipinski definition) is 1. The summed E-state index contributed by atoms with van der Waals surface area (Å²) in [4.78, 5) is 1.83. The van der Waals surface area contributed by atoms with Crippen LogP contribution in [0, 0.1) is 5.92 Å². The number of piperidine rings is 2. The van der Waals surface area contributed by atoms with Gasteiger partial charge in [-0.3, -0.25) is 0 Å². The molecule has 0 amide bonds. The van der Waals surface area contributed by atoms with Gasteiger partial charge in [0.2, 0.25) is 0 Å². The minimum atomic E-state index is -2.02. The van der Waals surface area contributed by atoms with Crippen LogP contribution in [-0.2, 0) is 20.9 Å². The second-order valence-electron chi connectivity index (χ2n) is 6.77. The van der Waals surface area contributed by atoms with Crippen molar-refractivity contribution in [1.82, 2.24) is 0 Å². The van der Waals surface area contributed by atoms with E-state index in [0.29, 0.717) is 5.92 Å². The van der Waals surface area contributed by atoms with Crippen molar-refractivity contribution in [2.45, 2.75) is 64.3 Å². The molecule has 2 fully saturated rings. The van der Waals surface area contributed by atoms with Gasteiger partial charge in [-0.15, -0.1) is 0 Å². The van der Waals surface area contributed by atoms with Crippen molar-refractivity contribution in [3.05, 3.63) is 0 Å². The minimum Gasteiger partial charge on any atom is -0.332 e. The van der Waals surface area contributed by atoms with E-state index >= 15 is 0 Å². The fourth-order valence-corrected chi connectivity index (χ4v) is 5.23. The minimum absolute atomic E-state index is 0.704. The average Bonchev–Trinajstić information content (AvgIpc) is 2.50. The van der Waals surface area contributed by atoms with Gasteiger partial charge >= 0.3 is 0 Å². The third kappa shape index (κ3) is 5.91. The van der Waals surface area contributed by atoms with E-state index in [1.54, 1.807) is 0 Å². The van der Waals surface area contributed by atoms with Crippen molar-refractivity contribution >= 4 is 18.3 Å². The first kappa shape index (κ1) is 17.9. The van der Waals surface area contributed by atoms with E-state index in [1.807, 2.05) is 11.6 Å². The maximum atomic E-state index is 6.09. The molecule has 2 heterocycles. The van der Waals surface area contributed by atoms with Crippen LogP contribution >= 0.6 is 6.49 Å². The molecule has 0 aromatic carbocycles. The smallest absolute Gasteiger partial charge is 0.185 e. The molecule has 0 bridgehead atoms. The number of rotatable bonds is 8. The Morgan fingerprint density at radius 1 is 1.10 bits per heavy atom. The average molecular weight is 334 g/mol. The highest BCUT2D eigenvalue weighted by atomic mass is 32.5. The molecule has 2 rings (SSSR count). The first-order valence-corrected chi connectivity index (χ1v) is 11.9. The lowest BCUT2D eigenvalue weighted by Gasteiger charge is -2.41. The van der Waals surface area contributed by atoms with Crippen molar-refractivity contribution in [2.24, 2.45) is 5.92 Å². The topological polar surface area (TPSA) is 22.9 Å². The highest BCUT2D eigenvalue weighted by Crippen LogP contribution is 2.45. The molecule has 0 spiro atoms. The number of unbranched alkanes of at least 4 members (excludes halogenated alkanes) is 2.